The van der Waals surface area contributed by atoms with Gasteiger partial charge in [-0.05, 0) is 63.3 Å². The van der Waals surface area contributed by atoms with E-state index in [0.29, 0.717) is 18.1 Å². The highest BCUT2D eigenvalue weighted by Crippen LogP contribution is 2.33. The van der Waals surface area contributed by atoms with Crippen molar-refractivity contribution in [3.63, 3.8) is 0 Å². The minimum atomic E-state index is -0.173. The number of furan rings is 1. The summed E-state index contributed by atoms with van der Waals surface area (Å²) in [5.41, 5.74) is 0.0653. The molecular weight excluding hydrogens is 396 g/mol. The topological polar surface area (TPSA) is 54.7 Å². The van der Waals surface area contributed by atoms with Gasteiger partial charge in [-0.25, -0.2) is 0 Å². The molecule has 5 nitrogen and oxygen atoms in total. The van der Waals surface area contributed by atoms with Crippen molar-refractivity contribution in [1.82, 2.24) is 10.2 Å². The molecule has 0 radical (unpaired) electrons. The quantitative estimate of drug-likeness (QED) is 0.727. The zero-order valence-corrected chi connectivity index (χ0v) is 16.8. The maximum Gasteiger partial charge on any atom is 0.287 e. The van der Waals surface area contributed by atoms with E-state index in [9.17, 15) is 4.79 Å². The molecule has 0 atom stereocenters. The first-order chi connectivity index (χ1) is 12.5. The van der Waals surface area contributed by atoms with Crippen LogP contribution < -0.4 is 10.1 Å². The highest BCUT2D eigenvalue weighted by Gasteiger charge is 2.36. The van der Waals surface area contributed by atoms with Crippen LogP contribution in [0.5, 0.6) is 5.75 Å². The minimum Gasteiger partial charge on any atom is -0.486 e. The SMILES string of the molecule is CN(C)C1(CNC(=O)c2ccc(COc3ccc(Br)cc3)o2)CCCC1. The lowest BCUT2D eigenvalue weighted by molar-refractivity contribution is 0.0869. The van der Waals surface area contributed by atoms with Crippen LogP contribution in [0.4, 0.5) is 0 Å². The highest BCUT2D eigenvalue weighted by molar-refractivity contribution is 9.10. The number of benzene rings is 1. The van der Waals surface area contributed by atoms with Gasteiger partial charge in [-0.1, -0.05) is 28.8 Å². The second-order valence-electron chi connectivity index (χ2n) is 7.02. The van der Waals surface area contributed by atoms with Gasteiger partial charge in [0.25, 0.3) is 5.91 Å². The number of hydrogen-bond acceptors (Lipinski definition) is 4. The van der Waals surface area contributed by atoms with Gasteiger partial charge in [0.15, 0.2) is 5.76 Å². The van der Waals surface area contributed by atoms with Gasteiger partial charge in [0.2, 0.25) is 0 Å². The molecule has 140 valence electrons. The number of likely N-dealkylation sites (N-methyl/N-ethyl adjacent to an activating group) is 1. The Morgan fingerprint density at radius 2 is 1.88 bits per heavy atom. The average Bonchev–Trinajstić information content (AvgIpc) is 3.29. The molecule has 0 bridgehead atoms. The standard InChI is InChI=1S/C20H25BrN2O3/c1-23(2)20(11-3-4-12-20)14-22-19(24)18-10-9-17(26-18)13-25-16-7-5-15(21)6-8-16/h5-10H,3-4,11-14H2,1-2H3,(H,22,24). The van der Waals surface area contributed by atoms with Crippen LogP contribution in [0.1, 0.15) is 42.0 Å². The molecular formula is C20H25BrN2O3. The summed E-state index contributed by atoms with van der Waals surface area (Å²) in [6.07, 6.45) is 4.66. The molecule has 1 N–H and O–H groups in total. The monoisotopic (exact) mass is 420 g/mol. The molecule has 1 aromatic heterocycles. The predicted octanol–water partition coefficient (Wildman–Crippen LogP) is 4.23. The fourth-order valence-electron chi connectivity index (χ4n) is 3.41. The van der Waals surface area contributed by atoms with Crippen molar-refractivity contribution in [3.05, 3.63) is 52.4 Å². The molecule has 1 heterocycles. The Hall–Kier alpha value is -1.79. The Kier molecular flexibility index (Phi) is 6.04. The van der Waals surface area contributed by atoms with Crippen LogP contribution in [0.15, 0.2) is 45.3 Å². The van der Waals surface area contributed by atoms with Gasteiger partial charge in [-0.3, -0.25) is 4.79 Å². The summed E-state index contributed by atoms with van der Waals surface area (Å²) in [5.74, 6) is 1.53. The maximum atomic E-state index is 12.4. The van der Waals surface area contributed by atoms with Crippen LogP contribution >= 0.6 is 15.9 Å². The molecule has 6 heteroatoms. The summed E-state index contributed by atoms with van der Waals surface area (Å²) in [6.45, 7) is 0.931. The van der Waals surface area contributed by atoms with E-state index in [2.05, 4.69) is 40.2 Å². The van der Waals surface area contributed by atoms with Gasteiger partial charge in [0.05, 0.1) is 0 Å². The number of amides is 1. The molecule has 0 spiro atoms. The van der Waals surface area contributed by atoms with Crippen molar-refractivity contribution in [2.75, 3.05) is 20.6 Å². The third kappa shape index (κ3) is 4.48. The average molecular weight is 421 g/mol. The number of carbonyl (C=O) groups is 1. The largest absolute Gasteiger partial charge is 0.486 e. The number of nitrogens with zero attached hydrogens (tertiary/aromatic N) is 1. The zero-order chi connectivity index (χ0) is 18.6. The summed E-state index contributed by atoms with van der Waals surface area (Å²) >= 11 is 3.39. The summed E-state index contributed by atoms with van der Waals surface area (Å²) in [5, 5.41) is 3.04. The highest BCUT2D eigenvalue weighted by atomic mass is 79.9. The van der Waals surface area contributed by atoms with Crippen LogP contribution in [0.3, 0.4) is 0 Å². The molecule has 2 aromatic rings. The van der Waals surface area contributed by atoms with Crippen molar-refractivity contribution in [2.45, 2.75) is 37.8 Å². The van der Waals surface area contributed by atoms with E-state index in [1.807, 2.05) is 24.3 Å². The number of halogens is 1. The van der Waals surface area contributed by atoms with Crippen molar-refractivity contribution in [1.29, 1.82) is 0 Å². The third-order valence-corrected chi connectivity index (χ3v) is 5.67. The first-order valence-corrected chi connectivity index (χ1v) is 9.71. The van der Waals surface area contributed by atoms with Crippen LogP contribution in [0.25, 0.3) is 0 Å². The van der Waals surface area contributed by atoms with Crippen LogP contribution in [0.2, 0.25) is 0 Å². The molecule has 1 fully saturated rings. The maximum absolute atomic E-state index is 12.4. The van der Waals surface area contributed by atoms with Gasteiger partial charge >= 0.3 is 0 Å². The molecule has 1 aromatic carbocycles. The van der Waals surface area contributed by atoms with E-state index in [1.54, 1.807) is 12.1 Å². The zero-order valence-electron chi connectivity index (χ0n) is 15.3. The lowest BCUT2D eigenvalue weighted by Gasteiger charge is -2.36. The predicted molar refractivity (Wildman–Crippen MR) is 104 cm³/mol. The molecule has 0 unspecified atom stereocenters. The van der Waals surface area contributed by atoms with E-state index in [4.69, 9.17) is 9.15 Å². The number of carbonyl (C=O) groups excluding carboxylic acids is 1. The molecule has 0 aliphatic heterocycles. The Bertz CT molecular complexity index is 734. The Balaban J connectivity index is 1.53. The van der Waals surface area contributed by atoms with E-state index >= 15 is 0 Å². The molecule has 1 saturated carbocycles. The first kappa shape index (κ1) is 19.0. The Labute approximate surface area is 162 Å². The minimum absolute atomic E-state index is 0.0653. The fourth-order valence-corrected chi connectivity index (χ4v) is 3.67. The molecule has 1 amide bonds. The second kappa shape index (κ2) is 8.27. The fraction of sp³-hybridized carbons (Fsp3) is 0.450. The Morgan fingerprint density at radius 1 is 1.19 bits per heavy atom. The van der Waals surface area contributed by atoms with Gasteiger partial charge in [-0.2, -0.15) is 0 Å². The first-order valence-electron chi connectivity index (χ1n) is 8.91. The lowest BCUT2D eigenvalue weighted by atomic mass is 9.96. The van der Waals surface area contributed by atoms with Crippen molar-refractivity contribution < 1.29 is 13.9 Å². The Morgan fingerprint density at radius 3 is 2.54 bits per heavy atom. The molecule has 1 aliphatic carbocycles. The van der Waals surface area contributed by atoms with Gasteiger partial charge < -0.3 is 19.4 Å². The van der Waals surface area contributed by atoms with Gasteiger partial charge in [0.1, 0.15) is 18.1 Å². The smallest absolute Gasteiger partial charge is 0.287 e. The normalized spacial score (nSPS) is 16.0. The van der Waals surface area contributed by atoms with Gasteiger partial charge in [-0.15, -0.1) is 0 Å². The van der Waals surface area contributed by atoms with E-state index < -0.39 is 0 Å². The van der Waals surface area contributed by atoms with E-state index in [-0.39, 0.29) is 18.1 Å². The lowest BCUT2D eigenvalue weighted by Crippen LogP contribution is -2.50. The molecule has 3 rings (SSSR count). The van der Waals surface area contributed by atoms with Crippen LogP contribution in [-0.2, 0) is 6.61 Å². The second-order valence-corrected chi connectivity index (χ2v) is 7.93. The van der Waals surface area contributed by atoms with E-state index in [0.717, 1.165) is 23.1 Å². The van der Waals surface area contributed by atoms with Crippen molar-refractivity contribution in [3.8, 4) is 5.75 Å². The van der Waals surface area contributed by atoms with E-state index in [1.165, 1.54) is 12.8 Å². The summed E-state index contributed by atoms with van der Waals surface area (Å²) < 4.78 is 12.3. The molecule has 0 saturated heterocycles. The van der Waals surface area contributed by atoms with Crippen LogP contribution in [0, 0.1) is 0 Å². The molecule has 1 aliphatic rings. The number of nitrogens with one attached hydrogen (secondary N) is 1. The van der Waals surface area contributed by atoms with Crippen LogP contribution in [-0.4, -0.2) is 37.0 Å². The third-order valence-electron chi connectivity index (χ3n) is 5.14. The number of rotatable bonds is 7. The van der Waals surface area contributed by atoms with Crippen molar-refractivity contribution in [2.24, 2.45) is 0 Å². The summed E-state index contributed by atoms with van der Waals surface area (Å²) in [4.78, 5) is 14.7. The summed E-state index contributed by atoms with van der Waals surface area (Å²) in [7, 11) is 4.17. The number of hydrogen-bond donors (Lipinski definition) is 1. The number of ether oxygens (including phenoxy) is 1. The van der Waals surface area contributed by atoms with Crippen molar-refractivity contribution >= 4 is 21.8 Å². The molecule has 26 heavy (non-hydrogen) atoms. The summed E-state index contributed by atoms with van der Waals surface area (Å²) in [6, 6.07) is 11.1. The van der Waals surface area contributed by atoms with Gasteiger partial charge in [0, 0.05) is 16.6 Å².